The Morgan fingerprint density at radius 2 is 1.90 bits per heavy atom. The van der Waals surface area contributed by atoms with Crippen molar-refractivity contribution in [1.82, 2.24) is 9.80 Å². The third kappa shape index (κ3) is 4.42. The summed E-state index contributed by atoms with van der Waals surface area (Å²) in [6.07, 6.45) is -0.934. The fraction of sp³-hybridized carbons (Fsp3) is 0.483. The van der Waals surface area contributed by atoms with E-state index in [0.29, 0.717) is 41.6 Å². The normalized spacial score (nSPS) is 21.7. The molecule has 1 spiro atoms. The number of nitrogens with one attached hydrogen (secondary N) is 2. The third-order valence-electron chi connectivity index (χ3n) is 9.11. The highest BCUT2D eigenvalue weighted by Crippen LogP contribution is 2.54. The molecule has 0 radical (unpaired) electrons. The molecular formula is C29H31F4N5O. The lowest BCUT2D eigenvalue weighted by Crippen LogP contribution is -2.39. The van der Waals surface area contributed by atoms with Crippen molar-refractivity contribution in [1.29, 1.82) is 10.8 Å². The van der Waals surface area contributed by atoms with Crippen molar-refractivity contribution >= 4 is 23.8 Å². The summed E-state index contributed by atoms with van der Waals surface area (Å²) in [6, 6.07) is 9.53. The summed E-state index contributed by atoms with van der Waals surface area (Å²) in [5.74, 6) is -0.821. The highest BCUT2D eigenvalue weighted by molar-refractivity contribution is 6.10. The molecular weight excluding hydrogens is 510 g/mol. The average molecular weight is 542 g/mol. The van der Waals surface area contributed by atoms with Gasteiger partial charge in [-0.15, -0.1) is 0 Å². The number of rotatable bonds is 7. The van der Waals surface area contributed by atoms with Crippen molar-refractivity contribution in [3.05, 3.63) is 64.2 Å². The van der Waals surface area contributed by atoms with E-state index in [0.717, 1.165) is 30.7 Å². The highest BCUT2D eigenvalue weighted by Gasteiger charge is 2.54. The second-order valence-electron chi connectivity index (χ2n) is 11.7. The minimum absolute atomic E-state index is 0.0272. The van der Waals surface area contributed by atoms with Crippen LogP contribution in [0, 0.1) is 16.2 Å². The number of halogens is 4. The number of fused-ring (bicyclic) bond motifs is 1. The summed E-state index contributed by atoms with van der Waals surface area (Å²) in [5, 5.41) is 15.4. The predicted molar refractivity (Wildman–Crippen MR) is 140 cm³/mol. The molecule has 2 heterocycles. The van der Waals surface area contributed by atoms with Crippen molar-refractivity contribution in [2.75, 3.05) is 25.0 Å². The van der Waals surface area contributed by atoms with Crippen LogP contribution in [0.15, 0.2) is 36.4 Å². The number of benzene rings is 2. The lowest BCUT2D eigenvalue weighted by atomic mass is 9.89. The number of nitrogens with zero attached hydrogens (tertiary/aromatic N) is 3. The zero-order valence-electron chi connectivity index (χ0n) is 21.7. The largest absolute Gasteiger partial charge is 0.416 e. The summed E-state index contributed by atoms with van der Waals surface area (Å²) < 4.78 is 58.0. The van der Waals surface area contributed by atoms with Crippen LogP contribution in [0.4, 0.5) is 23.2 Å². The van der Waals surface area contributed by atoms with Gasteiger partial charge in [0.1, 0.15) is 5.84 Å². The van der Waals surface area contributed by atoms with Crippen LogP contribution in [0.3, 0.4) is 0 Å². The van der Waals surface area contributed by atoms with E-state index < -0.39 is 29.2 Å². The number of hydrogen-bond donors (Lipinski definition) is 2. The first-order valence-corrected chi connectivity index (χ1v) is 13.3. The predicted octanol–water partition coefficient (Wildman–Crippen LogP) is 5.74. The standard InChI is InChI=1S/C29H31F4N5O/c1-36(17-34)25(35)24(30)28(7-8-28)19-3-2-4-20(13-19)38-15-22-21(26(38)39)11-18(12-23(22)29(31,32)33)14-37-10-9-27(16-37)5-6-27/h2-4,11-13,17,24,34-35H,5-10,14-16H2,1H3. The van der Waals surface area contributed by atoms with Crippen molar-refractivity contribution in [3.8, 4) is 0 Å². The number of amidine groups is 1. The second kappa shape index (κ2) is 8.87. The van der Waals surface area contributed by atoms with Gasteiger partial charge in [-0.05, 0) is 85.0 Å². The molecule has 2 N–H and O–H groups in total. The molecule has 10 heteroatoms. The Morgan fingerprint density at radius 1 is 1.15 bits per heavy atom. The molecule has 1 atom stereocenters. The molecule has 2 aliphatic carbocycles. The Kier molecular flexibility index (Phi) is 5.91. The topological polar surface area (TPSA) is 74.5 Å². The summed E-state index contributed by atoms with van der Waals surface area (Å²) in [7, 11) is 1.44. The van der Waals surface area contributed by atoms with Crippen LogP contribution < -0.4 is 4.90 Å². The monoisotopic (exact) mass is 541 g/mol. The second-order valence-corrected chi connectivity index (χ2v) is 11.7. The number of likely N-dealkylation sites (tertiary alicyclic amines) is 1. The zero-order valence-corrected chi connectivity index (χ0v) is 21.7. The first kappa shape index (κ1) is 26.0. The van der Waals surface area contributed by atoms with E-state index in [1.807, 2.05) is 0 Å². The lowest BCUT2D eigenvalue weighted by molar-refractivity contribution is -0.138. The number of alkyl halides is 4. The van der Waals surface area contributed by atoms with Gasteiger partial charge in [0.25, 0.3) is 5.91 Å². The van der Waals surface area contributed by atoms with Crippen LogP contribution in [0.1, 0.15) is 64.7 Å². The molecule has 2 aromatic rings. The van der Waals surface area contributed by atoms with Gasteiger partial charge < -0.3 is 9.80 Å². The fourth-order valence-corrected chi connectivity index (χ4v) is 6.34. The molecule has 6 rings (SSSR count). The number of carbonyl (C=O) groups is 1. The molecule has 2 aromatic carbocycles. The Labute approximate surface area is 224 Å². The first-order valence-electron chi connectivity index (χ1n) is 13.3. The SMILES string of the molecule is CN(C=N)C(=N)C(F)C1(c2cccc(N3Cc4c(cc(CN5CCC6(CC6)C5)cc4C(F)(F)F)C3=O)c2)CC1. The minimum Gasteiger partial charge on any atom is -0.322 e. The zero-order chi connectivity index (χ0) is 27.7. The van der Waals surface area contributed by atoms with E-state index in [1.54, 1.807) is 30.3 Å². The van der Waals surface area contributed by atoms with Crippen LogP contribution in [0.25, 0.3) is 0 Å². The van der Waals surface area contributed by atoms with E-state index >= 15 is 4.39 Å². The molecule has 1 saturated heterocycles. The molecule has 2 aliphatic heterocycles. The molecule has 1 amide bonds. The number of carbonyl (C=O) groups excluding carboxylic acids is 1. The maximum Gasteiger partial charge on any atom is 0.416 e. The molecule has 4 aliphatic rings. The average Bonchev–Trinajstić information content (AvgIpc) is 3.81. The fourth-order valence-electron chi connectivity index (χ4n) is 6.34. The maximum absolute atomic E-state index is 15.4. The van der Waals surface area contributed by atoms with Gasteiger partial charge >= 0.3 is 6.18 Å². The van der Waals surface area contributed by atoms with Gasteiger partial charge in [0.2, 0.25) is 0 Å². The van der Waals surface area contributed by atoms with Gasteiger partial charge in [0.15, 0.2) is 6.17 Å². The molecule has 206 valence electrons. The summed E-state index contributed by atoms with van der Waals surface area (Å²) >= 11 is 0. The Morgan fingerprint density at radius 3 is 2.51 bits per heavy atom. The Balaban J connectivity index is 1.29. The van der Waals surface area contributed by atoms with Crippen LogP contribution >= 0.6 is 0 Å². The number of anilines is 1. The summed E-state index contributed by atoms with van der Waals surface area (Å²) in [5.41, 5.74) is 0.181. The molecule has 3 fully saturated rings. The maximum atomic E-state index is 15.4. The minimum atomic E-state index is -4.60. The van der Waals surface area contributed by atoms with Gasteiger partial charge in [-0.1, -0.05) is 12.1 Å². The van der Waals surface area contributed by atoms with Gasteiger partial charge in [-0.2, -0.15) is 13.2 Å². The summed E-state index contributed by atoms with van der Waals surface area (Å²) in [6.45, 7) is 1.92. The van der Waals surface area contributed by atoms with Crippen molar-refractivity contribution in [2.24, 2.45) is 5.41 Å². The van der Waals surface area contributed by atoms with Gasteiger partial charge in [-0.3, -0.25) is 20.5 Å². The molecule has 2 saturated carbocycles. The molecule has 1 unspecified atom stereocenters. The van der Waals surface area contributed by atoms with Crippen molar-refractivity contribution in [3.63, 3.8) is 0 Å². The third-order valence-corrected chi connectivity index (χ3v) is 9.11. The number of hydrogen-bond acceptors (Lipinski definition) is 4. The molecule has 39 heavy (non-hydrogen) atoms. The van der Waals surface area contributed by atoms with Gasteiger partial charge in [-0.25, -0.2) is 4.39 Å². The van der Waals surface area contributed by atoms with Crippen LogP contribution in [-0.2, 0) is 24.7 Å². The Hall–Kier alpha value is -3.27. The molecule has 6 nitrogen and oxygen atoms in total. The van der Waals surface area contributed by atoms with Crippen LogP contribution in [0.2, 0.25) is 0 Å². The quantitative estimate of drug-likeness (QED) is 0.267. The van der Waals surface area contributed by atoms with Gasteiger partial charge in [0, 0.05) is 36.8 Å². The van der Waals surface area contributed by atoms with E-state index in [9.17, 15) is 18.0 Å². The first-order chi connectivity index (χ1) is 18.5. The van der Waals surface area contributed by atoms with E-state index in [-0.39, 0.29) is 23.5 Å². The molecule has 0 aromatic heterocycles. The van der Waals surface area contributed by atoms with Crippen LogP contribution in [0.5, 0.6) is 0 Å². The van der Waals surface area contributed by atoms with Crippen molar-refractivity contribution < 1.29 is 22.4 Å². The number of amides is 1. The smallest absolute Gasteiger partial charge is 0.322 e. The van der Waals surface area contributed by atoms with Crippen LogP contribution in [-0.4, -0.2) is 54.2 Å². The van der Waals surface area contributed by atoms with Crippen molar-refractivity contribution in [2.45, 2.75) is 63.0 Å². The summed E-state index contributed by atoms with van der Waals surface area (Å²) in [4.78, 5) is 18.2. The lowest BCUT2D eigenvalue weighted by Gasteiger charge is -2.26. The highest BCUT2D eigenvalue weighted by atomic mass is 19.4. The Bertz CT molecular complexity index is 1360. The van der Waals surface area contributed by atoms with E-state index in [4.69, 9.17) is 10.8 Å². The van der Waals surface area contributed by atoms with E-state index in [2.05, 4.69) is 4.90 Å². The van der Waals surface area contributed by atoms with E-state index in [1.165, 1.54) is 30.9 Å². The van der Waals surface area contributed by atoms with Gasteiger partial charge in [0.05, 0.1) is 18.4 Å². The molecule has 0 bridgehead atoms.